The summed E-state index contributed by atoms with van der Waals surface area (Å²) in [5, 5.41) is 7.73. The Hall–Kier alpha value is -6.54. The van der Waals surface area contributed by atoms with Gasteiger partial charge in [0.05, 0.1) is 16.6 Å². The average molecular weight is 771 g/mol. The Balaban J connectivity index is 1.12. The van der Waals surface area contributed by atoms with E-state index in [4.69, 9.17) is 9.97 Å². The normalized spacial score (nSPS) is 13.8. The first-order valence-corrected chi connectivity index (χ1v) is 22.0. The number of hydrogen-bond donors (Lipinski definition) is 0. The molecule has 1 atom stereocenters. The van der Waals surface area contributed by atoms with E-state index >= 15 is 4.39 Å². The molecule has 10 aromatic rings. The Morgan fingerprint density at radius 2 is 1.32 bits per heavy atom. The molecule has 1 aliphatic rings. The lowest BCUT2D eigenvalue weighted by Crippen LogP contribution is -2.76. The molecule has 0 aliphatic carbocycles. The van der Waals surface area contributed by atoms with Gasteiger partial charge in [0.2, 0.25) is 0 Å². The van der Waals surface area contributed by atoms with Gasteiger partial charge in [-0.05, 0) is 92.5 Å². The van der Waals surface area contributed by atoms with Crippen molar-refractivity contribution in [1.82, 2.24) is 19.1 Å². The molecule has 0 saturated heterocycles. The molecule has 3 aromatic heterocycles. The van der Waals surface area contributed by atoms with Gasteiger partial charge >= 0.3 is 0 Å². The van der Waals surface area contributed by atoms with E-state index in [9.17, 15) is 0 Å². The monoisotopic (exact) mass is 770 g/mol. The minimum Gasteiger partial charge on any atom is -0.327 e. The number of pyridine rings is 1. The number of hydrogen-bond acceptors (Lipinski definition) is 3. The second-order valence-corrected chi connectivity index (χ2v) is 19.5. The summed E-state index contributed by atoms with van der Waals surface area (Å²) in [6, 6.07) is 63.7. The highest BCUT2D eigenvalue weighted by Crippen LogP contribution is 2.40. The van der Waals surface area contributed by atoms with Crippen LogP contribution in [0, 0.1) is 0 Å². The second kappa shape index (κ2) is 13.3. The van der Waals surface area contributed by atoms with Crippen molar-refractivity contribution in [2.75, 3.05) is 0 Å². The molecule has 4 heterocycles. The highest BCUT2D eigenvalue weighted by Gasteiger charge is 2.48. The maximum absolute atomic E-state index is 16.9. The summed E-state index contributed by atoms with van der Waals surface area (Å²) in [5.74, 6) is 0.810. The van der Waals surface area contributed by atoms with Gasteiger partial charge in [-0.25, -0.2) is 14.4 Å². The highest BCUT2D eigenvalue weighted by molar-refractivity contribution is 8.00. The van der Waals surface area contributed by atoms with E-state index in [0.717, 1.165) is 44.7 Å². The molecule has 0 amide bonds. The number of aromatic nitrogens is 4. The van der Waals surface area contributed by atoms with Crippen molar-refractivity contribution in [3.63, 3.8) is 0 Å². The third kappa shape index (κ3) is 5.12. The molecule has 1 unspecified atom stereocenters. The number of aryl methyl sites for hydroxylation is 1. The summed E-state index contributed by atoms with van der Waals surface area (Å²) < 4.78 is 21.2. The van der Waals surface area contributed by atoms with E-state index in [1.807, 2.05) is 91.7 Å². The molecule has 11 rings (SSSR count). The van der Waals surface area contributed by atoms with Crippen LogP contribution in [-0.4, -0.2) is 27.2 Å². The molecule has 0 N–H and O–H groups in total. The molecule has 7 heteroatoms. The zero-order valence-electron chi connectivity index (χ0n) is 31.1. The van der Waals surface area contributed by atoms with Gasteiger partial charge in [-0.3, -0.25) is 4.57 Å². The molecule has 0 bridgehead atoms. The van der Waals surface area contributed by atoms with E-state index in [0.29, 0.717) is 11.1 Å². The zero-order chi connectivity index (χ0) is 38.1. The van der Waals surface area contributed by atoms with Crippen molar-refractivity contribution in [2.24, 2.45) is 7.05 Å². The topological polar surface area (TPSA) is 35.6 Å². The summed E-state index contributed by atoms with van der Waals surface area (Å²) in [6.07, 6.45) is 0.513. The van der Waals surface area contributed by atoms with Gasteiger partial charge in [0.25, 0.3) is 0 Å². The van der Waals surface area contributed by atoms with E-state index in [1.165, 1.54) is 35.9 Å². The Kier molecular flexibility index (Phi) is 7.88. The molecule has 0 spiro atoms. The third-order valence-corrected chi connectivity index (χ3v) is 18.0. The number of rotatable bonds is 6. The van der Waals surface area contributed by atoms with Crippen LogP contribution in [0.2, 0.25) is 0 Å². The Morgan fingerprint density at radius 3 is 2.11 bits per heavy atom. The Labute approximate surface area is 334 Å². The van der Waals surface area contributed by atoms with Gasteiger partial charge in [0.1, 0.15) is 11.5 Å². The van der Waals surface area contributed by atoms with Gasteiger partial charge in [-0.2, -0.15) is 0 Å². The number of para-hydroxylation sites is 2. The zero-order valence-corrected chi connectivity index (χ0v) is 32.9. The van der Waals surface area contributed by atoms with Crippen LogP contribution in [0.15, 0.2) is 198 Å². The number of imidazole rings is 1. The van der Waals surface area contributed by atoms with E-state index < -0.39 is 14.2 Å². The van der Waals surface area contributed by atoms with Gasteiger partial charge in [0.15, 0.2) is 14.2 Å². The van der Waals surface area contributed by atoms with Crippen LogP contribution in [0.4, 0.5) is 4.39 Å². The van der Waals surface area contributed by atoms with Crippen molar-refractivity contribution in [1.29, 1.82) is 0 Å². The van der Waals surface area contributed by atoms with Crippen molar-refractivity contribution in [3.05, 3.63) is 199 Å². The maximum Gasteiger partial charge on any atom is 0.182 e. The van der Waals surface area contributed by atoms with Crippen molar-refractivity contribution < 1.29 is 4.39 Å². The molecular weight excluding hydrogens is 736 g/mol. The first-order chi connectivity index (χ1) is 28.1. The van der Waals surface area contributed by atoms with Crippen molar-refractivity contribution in [2.45, 2.75) is 16.0 Å². The largest absolute Gasteiger partial charge is 0.327 e. The van der Waals surface area contributed by atoms with Crippen molar-refractivity contribution in [3.8, 4) is 17.1 Å². The number of benzene rings is 7. The number of fused-ring (bicyclic) bond motifs is 7. The van der Waals surface area contributed by atoms with Crippen LogP contribution in [0.25, 0.3) is 50.0 Å². The molecular formula is C50H35FN4SSi. The van der Waals surface area contributed by atoms with Crippen molar-refractivity contribution >= 4 is 73.6 Å². The van der Waals surface area contributed by atoms with Crippen LogP contribution >= 0.6 is 11.8 Å². The van der Waals surface area contributed by atoms with E-state index in [1.54, 1.807) is 0 Å². The molecule has 0 radical (unpaired) electrons. The summed E-state index contributed by atoms with van der Waals surface area (Å²) in [7, 11) is -0.888. The average Bonchev–Trinajstić information content (AvgIpc) is 3.80. The molecule has 272 valence electrons. The summed E-state index contributed by atoms with van der Waals surface area (Å²) in [5.41, 5.74) is 6.79. The second-order valence-electron chi connectivity index (χ2n) is 14.7. The fraction of sp³-hybridized carbons (Fsp3) is 0.0400. The van der Waals surface area contributed by atoms with Crippen LogP contribution < -0.4 is 20.7 Å². The lowest BCUT2D eigenvalue weighted by Gasteiger charge is -2.40. The molecule has 7 aromatic carbocycles. The summed E-state index contributed by atoms with van der Waals surface area (Å²) in [4.78, 5) is 12.5. The Bertz CT molecular complexity index is 3120. The first-order valence-electron chi connectivity index (χ1n) is 19.2. The van der Waals surface area contributed by atoms with Crippen LogP contribution in [-0.2, 0) is 7.05 Å². The minimum absolute atomic E-state index is 0.584. The standard InChI is InChI=1S/C50H35FN4SSi/c1-54-41-25-9-8-24-40(41)53-49(54)35-17-12-15-33(31-35)47(51)34-16-13-18-36(32-34)55-42-28-29-44-48(46(42)39-23-14-30-52-50(39)55)57(37-19-4-2-5-20-37,38-21-6-3-7-22-38)45-27-11-10-26-43(45)56-44/h2-32,47H,1H3. The maximum atomic E-state index is 16.9. The molecule has 1 aliphatic heterocycles. The predicted molar refractivity (Wildman–Crippen MR) is 235 cm³/mol. The fourth-order valence-electron chi connectivity index (χ4n) is 9.15. The van der Waals surface area contributed by atoms with Crippen LogP contribution in [0.5, 0.6) is 0 Å². The van der Waals surface area contributed by atoms with Gasteiger partial charge in [-0.1, -0.05) is 133 Å². The first kappa shape index (κ1) is 33.8. The number of alkyl halides is 1. The third-order valence-electron chi connectivity index (χ3n) is 11.6. The van der Waals surface area contributed by atoms with E-state index in [2.05, 4.69) is 124 Å². The lowest BCUT2D eigenvalue weighted by molar-refractivity contribution is 0.402. The van der Waals surface area contributed by atoms with Crippen LogP contribution in [0.3, 0.4) is 0 Å². The predicted octanol–water partition coefficient (Wildman–Crippen LogP) is 9.63. The summed E-state index contributed by atoms with van der Waals surface area (Å²) >= 11 is 1.86. The van der Waals surface area contributed by atoms with Crippen LogP contribution in [0.1, 0.15) is 17.3 Å². The van der Waals surface area contributed by atoms with Gasteiger partial charge in [0, 0.05) is 45.1 Å². The molecule has 4 nitrogen and oxygen atoms in total. The quantitative estimate of drug-likeness (QED) is 0.158. The minimum atomic E-state index is -2.90. The number of halogens is 1. The molecule has 57 heavy (non-hydrogen) atoms. The van der Waals surface area contributed by atoms with Gasteiger partial charge in [-0.15, -0.1) is 0 Å². The fourth-order valence-corrected chi connectivity index (χ4v) is 16.4. The number of nitrogens with zero attached hydrogens (tertiary/aromatic N) is 4. The molecule has 0 fully saturated rings. The smallest absolute Gasteiger partial charge is 0.182 e. The SMILES string of the molecule is Cn1c(-c2cccc(C(F)c3cccc(-n4c5ccc6c(c5c5cccnc54)[Si](c4ccccc4)(c4ccccc4)c4ccccc4S6)c3)c2)nc2ccccc21. The van der Waals surface area contributed by atoms with Gasteiger partial charge < -0.3 is 4.57 Å². The summed E-state index contributed by atoms with van der Waals surface area (Å²) in [6.45, 7) is 0. The highest BCUT2D eigenvalue weighted by atomic mass is 32.2. The van der Waals surface area contributed by atoms with E-state index in [-0.39, 0.29) is 0 Å². The Morgan fingerprint density at radius 1 is 0.614 bits per heavy atom. The lowest BCUT2D eigenvalue weighted by atomic mass is 10.00. The molecule has 0 saturated carbocycles.